The van der Waals surface area contributed by atoms with Gasteiger partial charge in [-0.05, 0) is 113 Å². The van der Waals surface area contributed by atoms with E-state index in [1.54, 1.807) is 26.0 Å². The molecule has 0 atom stereocenters. The van der Waals surface area contributed by atoms with Crippen molar-refractivity contribution in [2.45, 2.75) is 83.7 Å². The third-order valence-corrected chi connectivity index (χ3v) is 8.38. The number of amides is 1. The lowest BCUT2D eigenvalue weighted by Gasteiger charge is -2.31. The molecule has 0 radical (unpaired) electrons. The first-order valence-corrected chi connectivity index (χ1v) is 15.3. The maximum absolute atomic E-state index is 14.8. The number of hydrogen-bond donors (Lipinski definition) is 2. The van der Waals surface area contributed by atoms with Crippen LogP contribution in [0.3, 0.4) is 0 Å². The van der Waals surface area contributed by atoms with Gasteiger partial charge in [-0.25, -0.2) is 14.4 Å². The van der Waals surface area contributed by atoms with Gasteiger partial charge in [0, 0.05) is 28.7 Å². The van der Waals surface area contributed by atoms with Gasteiger partial charge in [-0.2, -0.15) is 0 Å². The summed E-state index contributed by atoms with van der Waals surface area (Å²) in [5.41, 5.74) is 3.25. The Bertz CT molecular complexity index is 1750. The fourth-order valence-electron chi connectivity index (χ4n) is 5.90. The summed E-state index contributed by atoms with van der Waals surface area (Å²) in [7, 11) is 0. The number of aryl methyl sites for hydroxylation is 1. The van der Waals surface area contributed by atoms with Crippen LogP contribution in [0.2, 0.25) is 0 Å². The van der Waals surface area contributed by atoms with Gasteiger partial charge in [-0.1, -0.05) is 29.8 Å². The zero-order valence-electron chi connectivity index (χ0n) is 25.1. The second-order valence-electron chi connectivity index (χ2n) is 12.3. The van der Waals surface area contributed by atoms with Gasteiger partial charge in [-0.3, -0.25) is 4.79 Å². The Labute approximate surface area is 252 Å². The van der Waals surface area contributed by atoms with Crippen molar-refractivity contribution in [3.8, 4) is 5.75 Å². The Hall–Kier alpha value is -4.26. The van der Waals surface area contributed by atoms with Gasteiger partial charge in [0.2, 0.25) is 0 Å². The summed E-state index contributed by atoms with van der Waals surface area (Å²) in [6, 6.07) is 19.7. The molecular formula is C36H39FN4O2. The van der Waals surface area contributed by atoms with Crippen molar-refractivity contribution in [2.24, 2.45) is 0 Å². The molecule has 2 aromatic carbocycles. The normalized spacial score (nSPS) is 18.2. The summed E-state index contributed by atoms with van der Waals surface area (Å²) in [6.07, 6.45) is 10.0. The fraction of sp³-hybridized carbons (Fsp3) is 0.361. The number of nitrogens with one attached hydrogen (secondary N) is 2. The van der Waals surface area contributed by atoms with Crippen LogP contribution in [0.4, 0.5) is 10.1 Å². The molecule has 2 aliphatic rings. The largest absolute Gasteiger partial charge is 0.487 e. The third-order valence-electron chi connectivity index (χ3n) is 8.38. The van der Waals surface area contributed by atoms with Gasteiger partial charge < -0.3 is 15.4 Å². The standard InChI is InChI=1S/C36H39FN4O2/c1-23-8-19-32-30(20-23)33(21-34(41-32)36(2,3)37)38-26-13-15-27(16-14-26)40-35(42)25-10-17-29(18-11-25)43-22-28-12-9-24-6-4-5-7-31(24)39-28/h6-12,17-21,26-27H,4-5,13-16,22H2,1-3H3,(H,38,41)(H,40,42). The summed E-state index contributed by atoms with van der Waals surface area (Å²) in [4.78, 5) is 22.3. The van der Waals surface area contributed by atoms with Gasteiger partial charge >= 0.3 is 0 Å². The molecule has 222 valence electrons. The first-order chi connectivity index (χ1) is 20.7. The van der Waals surface area contributed by atoms with Crippen LogP contribution in [0, 0.1) is 6.92 Å². The molecule has 2 N–H and O–H groups in total. The molecule has 4 aromatic rings. The maximum atomic E-state index is 14.8. The first kappa shape index (κ1) is 28.8. The number of fused-ring (bicyclic) bond motifs is 2. The number of anilines is 1. The monoisotopic (exact) mass is 578 g/mol. The highest BCUT2D eigenvalue weighted by Gasteiger charge is 2.26. The maximum Gasteiger partial charge on any atom is 0.251 e. The molecule has 7 heteroatoms. The predicted molar refractivity (Wildman–Crippen MR) is 170 cm³/mol. The van der Waals surface area contributed by atoms with Crippen LogP contribution < -0.4 is 25.9 Å². The number of ether oxygens (including phenoxy) is 1. The summed E-state index contributed by atoms with van der Waals surface area (Å²) < 4.78 is 20.8. The summed E-state index contributed by atoms with van der Waals surface area (Å²) in [5, 5.41) is 10.1. The molecule has 6 rings (SSSR count). The van der Waals surface area contributed by atoms with Gasteiger partial charge in [0.15, 0.2) is 0 Å². The Morgan fingerprint density at radius 3 is 2.44 bits per heavy atom. The molecule has 0 aliphatic heterocycles. The Morgan fingerprint density at radius 2 is 1.67 bits per heavy atom. The molecule has 6 nitrogen and oxygen atoms in total. The molecule has 0 bridgehead atoms. The predicted octanol–water partition coefficient (Wildman–Crippen LogP) is 6.23. The van der Waals surface area contributed by atoms with Crippen LogP contribution in [0.1, 0.15) is 79.7 Å². The Kier molecular flexibility index (Phi) is 8.15. The van der Waals surface area contributed by atoms with E-state index >= 15 is 0 Å². The average Bonchev–Trinajstić information content (AvgIpc) is 3.00. The number of alkyl halides is 1. The number of rotatable bonds is 8. The smallest absolute Gasteiger partial charge is 0.251 e. The molecule has 1 fully saturated rings. The van der Waals surface area contributed by atoms with E-state index in [9.17, 15) is 9.18 Å². The minimum absolute atomic E-state index is 0.0727. The van der Waals surface area contributed by atoms with Gasteiger partial charge in [-0.15, -0.1) is 0 Å². The fourth-order valence-corrected chi connectivity index (χ4v) is 5.90. The van der Waals surface area contributed by atoms with E-state index in [0.29, 0.717) is 23.6 Å². The highest BCUT2D eigenvalue weighted by atomic mass is 19.1. The first-order valence-electron chi connectivity index (χ1n) is 15.3. The van der Waals surface area contributed by atoms with Gasteiger partial charge in [0.05, 0.1) is 22.3 Å². The van der Waals surface area contributed by atoms with E-state index in [4.69, 9.17) is 9.72 Å². The summed E-state index contributed by atoms with van der Waals surface area (Å²) in [6.45, 7) is 5.51. The van der Waals surface area contributed by atoms with E-state index in [-0.39, 0.29) is 18.0 Å². The van der Waals surface area contributed by atoms with Gasteiger partial charge in [0.1, 0.15) is 18.0 Å². The SMILES string of the molecule is Cc1ccc2nc(C(C)(C)F)cc(NC3CCC(NC(=O)c4ccc(OCc5ccc6c(n5)=CCCC=6)cc4)CC3)c2c1. The molecule has 0 saturated heterocycles. The van der Waals surface area contributed by atoms with Crippen molar-refractivity contribution in [1.82, 2.24) is 15.3 Å². The van der Waals surface area contributed by atoms with Crippen molar-refractivity contribution in [3.63, 3.8) is 0 Å². The zero-order chi connectivity index (χ0) is 30.0. The second-order valence-corrected chi connectivity index (χ2v) is 12.3. The van der Waals surface area contributed by atoms with Crippen LogP contribution in [0.5, 0.6) is 5.75 Å². The van der Waals surface area contributed by atoms with Crippen LogP contribution in [0.25, 0.3) is 23.1 Å². The van der Waals surface area contributed by atoms with Crippen molar-refractivity contribution in [1.29, 1.82) is 0 Å². The van der Waals surface area contributed by atoms with Crippen molar-refractivity contribution in [2.75, 3.05) is 5.32 Å². The van der Waals surface area contributed by atoms with E-state index in [2.05, 4.69) is 46.8 Å². The van der Waals surface area contributed by atoms with Gasteiger partial charge in [0.25, 0.3) is 5.91 Å². The number of hydrogen-bond acceptors (Lipinski definition) is 5. The molecule has 2 heterocycles. The van der Waals surface area contributed by atoms with Crippen LogP contribution in [0.15, 0.2) is 60.7 Å². The summed E-state index contributed by atoms with van der Waals surface area (Å²) >= 11 is 0. The number of carbonyl (C=O) groups is 1. The van der Waals surface area contributed by atoms with Crippen LogP contribution in [-0.2, 0) is 12.3 Å². The molecule has 2 aromatic heterocycles. The third kappa shape index (κ3) is 6.87. The lowest BCUT2D eigenvalue weighted by atomic mass is 9.90. The molecule has 0 spiro atoms. The van der Waals surface area contributed by atoms with Crippen LogP contribution in [-0.4, -0.2) is 28.0 Å². The zero-order valence-corrected chi connectivity index (χ0v) is 25.1. The van der Waals surface area contributed by atoms with E-state index in [0.717, 1.165) is 71.7 Å². The number of aromatic nitrogens is 2. The number of carbonyl (C=O) groups excluding carboxylic acids is 1. The molecule has 1 saturated carbocycles. The van der Waals surface area contributed by atoms with E-state index in [1.807, 2.05) is 36.4 Å². The molecule has 1 amide bonds. The summed E-state index contributed by atoms with van der Waals surface area (Å²) in [5.74, 6) is 0.632. The number of halogens is 1. The van der Waals surface area contributed by atoms with E-state index < -0.39 is 5.67 Å². The number of benzene rings is 2. The average molecular weight is 579 g/mol. The van der Waals surface area contributed by atoms with Crippen molar-refractivity contribution < 1.29 is 13.9 Å². The molecule has 0 unspecified atom stereocenters. The Morgan fingerprint density at radius 1 is 0.930 bits per heavy atom. The minimum atomic E-state index is -1.53. The minimum Gasteiger partial charge on any atom is -0.487 e. The Balaban J connectivity index is 1.02. The molecular weight excluding hydrogens is 539 g/mol. The van der Waals surface area contributed by atoms with Crippen molar-refractivity contribution >= 4 is 34.6 Å². The number of nitrogens with zero attached hydrogens (tertiary/aromatic N) is 2. The highest BCUT2D eigenvalue weighted by Crippen LogP contribution is 2.33. The highest BCUT2D eigenvalue weighted by molar-refractivity contribution is 5.94. The topological polar surface area (TPSA) is 76.1 Å². The van der Waals surface area contributed by atoms with E-state index in [1.165, 1.54) is 5.22 Å². The lowest BCUT2D eigenvalue weighted by Crippen LogP contribution is -2.40. The molecule has 43 heavy (non-hydrogen) atoms. The number of pyridine rings is 2. The van der Waals surface area contributed by atoms with Crippen molar-refractivity contribution in [3.05, 3.63) is 93.7 Å². The quantitative estimate of drug-likeness (QED) is 0.259. The molecule has 2 aliphatic carbocycles. The van der Waals surface area contributed by atoms with Crippen LogP contribution >= 0.6 is 0 Å². The lowest BCUT2D eigenvalue weighted by molar-refractivity contribution is 0.0926. The second kappa shape index (κ2) is 12.2.